The molecule has 2 amide bonds. The second kappa shape index (κ2) is 11.3. The molecule has 0 bridgehead atoms. The van der Waals surface area contributed by atoms with E-state index in [1.165, 1.54) is 11.1 Å². The number of carbonyl (C=O) groups excluding carboxylic acids is 1. The second-order valence-electron chi connectivity index (χ2n) is 11.0. The third-order valence-corrected chi connectivity index (χ3v) is 7.10. The highest BCUT2D eigenvalue weighted by Gasteiger charge is 2.38. The Hall–Kier alpha value is -3.51. The van der Waals surface area contributed by atoms with Crippen molar-refractivity contribution in [3.63, 3.8) is 0 Å². The first kappa shape index (κ1) is 26.6. The zero-order valence-electron chi connectivity index (χ0n) is 23.0. The molecule has 1 heterocycles. The number of amides is 2. The Bertz CT molecular complexity index is 1170. The molecule has 1 atom stereocenters. The fourth-order valence-electron chi connectivity index (χ4n) is 4.65. The number of hydrogen-bond donors (Lipinski definition) is 1. The van der Waals surface area contributed by atoms with E-state index in [4.69, 9.17) is 4.74 Å². The van der Waals surface area contributed by atoms with Crippen LogP contribution in [-0.4, -0.2) is 50.2 Å². The Morgan fingerprint density at radius 2 is 1.54 bits per heavy atom. The molecule has 4 rings (SSSR count). The minimum Gasteiger partial charge on any atom is -0.497 e. The Morgan fingerprint density at radius 1 is 0.919 bits per heavy atom. The number of hydrogen-bond acceptors (Lipinski definition) is 4. The van der Waals surface area contributed by atoms with Crippen LogP contribution in [0.3, 0.4) is 0 Å². The summed E-state index contributed by atoms with van der Waals surface area (Å²) in [6.07, 6.45) is 0.784. The molecule has 1 N–H and O–H groups in total. The largest absolute Gasteiger partial charge is 0.497 e. The summed E-state index contributed by atoms with van der Waals surface area (Å²) in [5.41, 5.74) is 9.41. The minimum atomic E-state index is -0.0108. The third-order valence-electron chi connectivity index (χ3n) is 7.10. The van der Waals surface area contributed by atoms with Gasteiger partial charge in [0, 0.05) is 32.9 Å². The van der Waals surface area contributed by atoms with Crippen LogP contribution in [0.5, 0.6) is 5.75 Å². The second-order valence-corrected chi connectivity index (χ2v) is 11.0. The van der Waals surface area contributed by atoms with Crippen molar-refractivity contribution in [2.45, 2.75) is 45.2 Å². The Morgan fingerprint density at radius 3 is 2.11 bits per heavy atom. The molecule has 0 spiro atoms. The average molecular weight is 501 g/mol. The van der Waals surface area contributed by atoms with Gasteiger partial charge in [-0.05, 0) is 58.4 Å². The molecule has 1 saturated heterocycles. The van der Waals surface area contributed by atoms with Gasteiger partial charge < -0.3 is 14.5 Å². The van der Waals surface area contributed by atoms with Crippen LogP contribution >= 0.6 is 0 Å². The number of urea groups is 1. The van der Waals surface area contributed by atoms with E-state index in [0.29, 0.717) is 19.6 Å². The van der Waals surface area contributed by atoms with Crippen LogP contribution in [0.1, 0.15) is 49.1 Å². The van der Waals surface area contributed by atoms with Crippen LogP contribution < -0.4 is 15.1 Å². The standard InChI is InChI=1S/C31H40N4O2/c1-31(2,3)26-13-11-25(12-14-26)29-22-35(32-21-24-7-15-27(16-8-24)33(4)5)30(36)34(29)20-19-23-9-17-28(37-6)18-10-23/h7-18,29,32H,19-22H2,1-6H3. The van der Waals surface area contributed by atoms with Gasteiger partial charge in [-0.3, -0.25) is 5.01 Å². The van der Waals surface area contributed by atoms with Crippen LogP contribution in [0.25, 0.3) is 0 Å². The van der Waals surface area contributed by atoms with Gasteiger partial charge >= 0.3 is 6.03 Å². The van der Waals surface area contributed by atoms with Crippen molar-refractivity contribution in [2.75, 3.05) is 39.2 Å². The van der Waals surface area contributed by atoms with Gasteiger partial charge in [0.25, 0.3) is 0 Å². The SMILES string of the molecule is COc1ccc(CCN2C(=O)N(NCc3ccc(N(C)C)cc3)CC2c2ccc(C(C)(C)C)cc2)cc1. The summed E-state index contributed by atoms with van der Waals surface area (Å²) in [4.78, 5) is 17.6. The maximum atomic E-state index is 13.6. The van der Waals surface area contributed by atoms with Crippen molar-refractivity contribution in [2.24, 2.45) is 0 Å². The van der Waals surface area contributed by atoms with Gasteiger partial charge in [0.15, 0.2) is 0 Å². The molecule has 0 saturated carbocycles. The van der Waals surface area contributed by atoms with Crippen molar-refractivity contribution < 1.29 is 9.53 Å². The molecule has 1 fully saturated rings. The smallest absolute Gasteiger partial charge is 0.335 e. The number of nitrogens with zero attached hydrogens (tertiary/aromatic N) is 3. The number of hydrazine groups is 1. The molecule has 0 radical (unpaired) electrons. The fourth-order valence-corrected chi connectivity index (χ4v) is 4.65. The first-order valence-electron chi connectivity index (χ1n) is 13.0. The van der Waals surface area contributed by atoms with E-state index in [2.05, 4.69) is 91.8 Å². The van der Waals surface area contributed by atoms with Gasteiger partial charge in [0.05, 0.1) is 19.7 Å². The van der Waals surface area contributed by atoms with E-state index in [0.717, 1.165) is 29.0 Å². The number of nitrogens with one attached hydrogen (secondary N) is 1. The molecule has 0 aromatic heterocycles. The highest BCUT2D eigenvalue weighted by molar-refractivity contribution is 5.77. The number of ether oxygens (including phenoxy) is 1. The molecule has 6 heteroatoms. The summed E-state index contributed by atoms with van der Waals surface area (Å²) in [5, 5.41) is 1.77. The van der Waals surface area contributed by atoms with E-state index in [1.807, 2.05) is 31.1 Å². The molecular formula is C31H40N4O2. The van der Waals surface area contributed by atoms with Crippen LogP contribution in [0.2, 0.25) is 0 Å². The molecular weight excluding hydrogens is 460 g/mol. The van der Waals surface area contributed by atoms with Gasteiger partial charge in [-0.2, -0.15) is 0 Å². The summed E-state index contributed by atoms with van der Waals surface area (Å²) >= 11 is 0. The number of methoxy groups -OCH3 is 1. The van der Waals surface area contributed by atoms with E-state index in [1.54, 1.807) is 12.1 Å². The molecule has 1 aliphatic rings. The normalized spacial score (nSPS) is 15.8. The predicted molar refractivity (Wildman–Crippen MR) is 151 cm³/mol. The van der Waals surface area contributed by atoms with E-state index in [-0.39, 0.29) is 17.5 Å². The Kier molecular flexibility index (Phi) is 8.08. The number of rotatable bonds is 9. The zero-order chi connectivity index (χ0) is 26.6. The van der Waals surface area contributed by atoms with Crippen molar-refractivity contribution in [3.8, 4) is 5.75 Å². The van der Waals surface area contributed by atoms with Crippen molar-refractivity contribution in [1.29, 1.82) is 0 Å². The number of anilines is 1. The molecule has 0 aliphatic carbocycles. The summed E-state index contributed by atoms with van der Waals surface area (Å²) in [7, 11) is 5.74. The van der Waals surface area contributed by atoms with Crippen molar-refractivity contribution in [1.82, 2.24) is 15.3 Å². The minimum absolute atomic E-state index is 0.0108. The summed E-state index contributed by atoms with van der Waals surface area (Å²) in [5.74, 6) is 0.840. The highest BCUT2D eigenvalue weighted by atomic mass is 16.5. The van der Waals surface area contributed by atoms with Gasteiger partial charge in [-0.15, -0.1) is 0 Å². The summed E-state index contributed by atoms with van der Waals surface area (Å²) in [6, 6.07) is 25.3. The van der Waals surface area contributed by atoms with Crippen molar-refractivity contribution in [3.05, 3.63) is 95.1 Å². The summed E-state index contributed by atoms with van der Waals surface area (Å²) in [6.45, 7) is 8.51. The molecule has 37 heavy (non-hydrogen) atoms. The lowest BCUT2D eigenvalue weighted by molar-refractivity contribution is 0.171. The molecule has 6 nitrogen and oxygen atoms in total. The lowest BCUT2D eigenvalue weighted by atomic mass is 9.86. The predicted octanol–water partition coefficient (Wildman–Crippen LogP) is 5.78. The maximum Gasteiger partial charge on any atom is 0.335 e. The molecule has 1 unspecified atom stereocenters. The highest BCUT2D eigenvalue weighted by Crippen LogP contribution is 2.31. The van der Waals surface area contributed by atoms with Gasteiger partial charge in [0.1, 0.15) is 5.75 Å². The van der Waals surface area contributed by atoms with E-state index < -0.39 is 0 Å². The molecule has 1 aliphatic heterocycles. The van der Waals surface area contributed by atoms with Crippen LogP contribution in [0.15, 0.2) is 72.8 Å². The third kappa shape index (κ3) is 6.44. The van der Waals surface area contributed by atoms with Crippen LogP contribution in [0.4, 0.5) is 10.5 Å². The molecule has 3 aromatic carbocycles. The molecule has 196 valence electrons. The van der Waals surface area contributed by atoms with E-state index >= 15 is 0 Å². The average Bonchev–Trinajstić information content (AvgIpc) is 3.21. The summed E-state index contributed by atoms with van der Waals surface area (Å²) < 4.78 is 5.29. The van der Waals surface area contributed by atoms with Crippen LogP contribution in [0, 0.1) is 0 Å². The monoisotopic (exact) mass is 500 g/mol. The van der Waals surface area contributed by atoms with E-state index in [9.17, 15) is 4.79 Å². The fraction of sp³-hybridized carbons (Fsp3) is 0.387. The topological polar surface area (TPSA) is 48.1 Å². The van der Waals surface area contributed by atoms with Gasteiger partial charge in [-0.25, -0.2) is 10.2 Å². The first-order valence-corrected chi connectivity index (χ1v) is 13.0. The van der Waals surface area contributed by atoms with Crippen LogP contribution in [-0.2, 0) is 18.4 Å². The zero-order valence-corrected chi connectivity index (χ0v) is 23.0. The number of carbonyl (C=O) groups is 1. The maximum absolute atomic E-state index is 13.6. The lowest BCUT2D eigenvalue weighted by Gasteiger charge is -2.25. The first-order chi connectivity index (χ1) is 17.7. The van der Waals surface area contributed by atoms with Crippen molar-refractivity contribution >= 4 is 11.7 Å². The lowest BCUT2D eigenvalue weighted by Crippen LogP contribution is -2.41. The number of benzene rings is 3. The van der Waals surface area contributed by atoms with Gasteiger partial charge in [0.2, 0.25) is 0 Å². The van der Waals surface area contributed by atoms with Gasteiger partial charge in [-0.1, -0.05) is 69.3 Å². The Labute approximate surface area is 221 Å². The molecule has 3 aromatic rings. The Balaban J connectivity index is 1.50. The quantitative estimate of drug-likeness (QED) is 0.404.